The van der Waals surface area contributed by atoms with Crippen LogP contribution in [0, 0.1) is 5.92 Å². The molecule has 1 aromatic carbocycles. The van der Waals surface area contributed by atoms with Gasteiger partial charge in [-0.15, -0.1) is 0 Å². The van der Waals surface area contributed by atoms with E-state index in [1.165, 1.54) is 0 Å². The third kappa shape index (κ3) is 2.28. The van der Waals surface area contributed by atoms with Crippen molar-refractivity contribution in [3.05, 3.63) is 28.7 Å². The van der Waals surface area contributed by atoms with Gasteiger partial charge < -0.3 is 4.90 Å². The highest BCUT2D eigenvalue weighted by Crippen LogP contribution is 2.28. The monoisotopic (exact) mass is 301 g/mol. The van der Waals surface area contributed by atoms with Crippen LogP contribution in [-0.2, 0) is 9.59 Å². The lowest BCUT2D eigenvalue weighted by molar-refractivity contribution is -0.120. The fourth-order valence-corrected chi connectivity index (χ4v) is 2.29. The van der Waals surface area contributed by atoms with Gasteiger partial charge in [0.25, 0.3) is 0 Å². The summed E-state index contributed by atoms with van der Waals surface area (Å²) in [4.78, 5) is 24.3. The first-order valence-corrected chi connectivity index (χ1v) is 6.00. The molecule has 0 N–H and O–H groups in total. The second kappa shape index (κ2) is 4.55. The van der Waals surface area contributed by atoms with E-state index in [4.69, 9.17) is 11.6 Å². The molecule has 0 unspecified atom stereocenters. The Balaban J connectivity index is 2.23. The molecule has 16 heavy (non-hydrogen) atoms. The number of carbonyl (C=O) groups excluding carboxylic acids is 2. The topological polar surface area (TPSA) is 37.4 Å². The largest absolute Gasteiger partial charge is 0.312 e. The second-order valence-electron chi connectivity index (χ2n) is 3.69. The number of hydrogen-bond acceptors (Lipinski definition) is 2. The van der Waals surface area contributed by atoms with E-state index < -0.39 is 5.24 Å². The Morgan fingerprint density at radius 2 is 2.25 bits per heavy atom. The van der Waals surface area contributed by atoms with Crippen molar-refractivity contribution in [3.8, 4) is 0 Å². The third-order valence-electron chi connectivity index (χ3n) is 2.57. The van der Waals surface area contributed by atoms with Crippen molar-refractivity contribution in [2.24, 2.45) is 5.92 Å². The smallest absolute Gasteiger partial charge is 0.227 e. The molecule has 1 aliphatic heterocycles. The lowest BCUT2D eigenvalue weighted by atomic mass is 10.1. The number of amides is 1. The first kappa shape index (κ1) is 11.6. The quantitative estimate of drug-likeness (QED) is 0.787. The van der Waals surface area contributed by atoms with Gasteiger partial charge in [0.15, 0.2) is 0 Å². The molecule has 1 amide bonds. The zero-order chi connectivity index (χ0) is 11.7. The summed E-state index contributed by atoms with van der Waals surface area (Å²) in [5.74, 6) is -0.440. The molecule has 0 spiro atoms. The molecular weight excluding hydrogens is 293 g/mol. The summed E-state index contributed by atoms with van der Waals surface area (Å²) in [6.45, 7) is 0.373. The van der Waals surface area contributed by atoms with Gasteiger partial charge in [0.1, 0.15) is 0 Å². The van der Waals surface area contributed by atoms with E-state index in [-0.39, 0.29) is 18.2 Å². The van der Waals surface area contributed by atoms with Crippen molar-refractivity contribution >= 4 is 44.4 Å². The van der Waals surface area contributed by atoms with Gasteiger partial charge in [-0.1, -0.05) is 22.0 Å². The van der Waals surface area contributed by atoms with Crippen LogP contribution in [0.1, 0.15) is 6.42 Å². The van der Waals surface area contributed by atoms with Crippen molar-refractivity contribution in [1.29, 1.82) is 0 Å². The summed E-state index contributed by atoms with van der Waals surface area (Å²) in [5.41, 5.74) is 0.791. The van der Waals surface area contributed by atoms with Crippen LogP contribution < -0.4 is 4.90 Å². The molecular formula is C11H9BrClNO2. The Hall–Kier alpha value is -0.870. The number of nitrogens with zero attached hydrogens (tertiary/aromatic N) is 1. The van der Waals surface area contributed by atoms with Gasteiger partial charge in [-0.3, -0.25) is 9.59 Å². The van der Waals surface area contributed by atoms with Crippen molar-refractivity contribution in [1.82, 2.24) is 0 Å². The highest BCUT2D eigenvalue weighted by atomic mass is 79.9. The van der Waals surface area contributed by atoms with E-state index in [1.807, 2.05) is 24.3 Å². The number of benzene rings is 1. The van der Waals surface area contributed by atoms with Crippen LogP contribution >= 0.6 is 27.5 Å². The number of rotatable bonds is 2. The predicted molar refractivity (Wildman–Crippen MR) is 65.5 cm³/mol. The average molecular weight is 303 g/mol. The zero-order valence-corrected chi connectivity index (χ0v) is 10.7. The maximum Gasteiger partial charge on any atom is 0.227 e. The third-order valence-corrected chi connectivity index (χ3v) is 3.37. The first-order chi connectivity index (χ1) is 7.58. The highest BCUT2D eigenvalue weighted by molar-refractivity contribution is 9.10. The molecule has 1 aliphatic rings. The van der Waals surface area contributed by atoms with Crippen LogP contribution in [-0.4, -0.2) is 17.7 Å². The lowest BCUT2D eigenvalue weighted by Crippen LogP contribution is -2.25. The standard InChI is InChI=1S/C11H9BrClNO2/c12-8-2-1-3-9(5-8)14-6-7(11(13)16)4-10(14)15/h1-3,5,7H,4,6H2/t7-/m0/s1. The molecule has 3 nitrogen and oxygen atoms in total. The molecule has 84 valence electrons. The molecule has 2 rings (SSSR count). The minimum absolute atomic E-state index is 0.0582. The Morgan fingerprint density at radius 3 is 2.81 bits per heavy atom. The number of hydrogen-bond donors (Lipinski definition) is 0. The lowest BCUT2D eigenvalue weighted by Gasteiger charge is -2.16. The number of carbonyl (C=O) groups is 2. The summed E-state index contributed by atoms with van der Waals surface area (Å²) in [7, 11) is 0. The van der Waals surface area contributed by atoms with Gasteiger partial charge in [0, 0.05) is 23.1 Å². The summed E-state index contributed by atoms with van der Waals surface area (Å²) in [5, 5.41) is -0.439. The van der Waals surface area contributed by atoms with Crippen LogP contribution in [0.25, 0.3) is 0 Å². The first-order valence-electron chi connectivity index (χ1n) is 4.83. The van der Waals surface area contributed by atoms with Crippen molar-refractivity contribution < 1.29 is 9.59 Å². The van der Waals surface area contributed by atoms with E-state index in [2.05, 4.69) is 15.9 Å². The Kier molecular flexibility index (Phi) is 3.30. The molecule has 1 fully saturated rings. The Labute approximate surface area is 107 Å². The van der Waals surface area contributed by atoms with E-state index in [0.29, 0.717) is 6.54 Å². The molecule has 1 saturated heterocycles. The second-order valence-corrected chi connectivity index (χ2v) is 4.98. The molecule has 5 heteroatoms. The molecule has 0 saturated carbocycles. The Morgan fingerprint density at radius 1 is 1.50 bits per heavy atom. The summed E-state index contributed by atoms with van der Waals surface area (Å²) in [6.07, 6.45) is 0.203. The van der Waals surface area contributed by atoms with Gasteiger partial charge in [-0.2, -0.15) is 0 Å². The van der Waals surface area contributed by atoms with Crippen molar-refractivity contribution in [2.75, 3.05) is 11.4 Å². The zero-order valence-electron chi connectivity index (χ0n) is 8.32. The predicted octanol–water partition coefficient (Wildman–Crippen LogP) is 2.57. The fourth-order valence-electron chi connectivity index (χ4n) is 1.75. The van der Waals surface area contributed by atoms with E-state index in [0.717, 1.165) is 10.2 Å². The van der Waals surface area contributed by atoms with Gasteiger partial charge in [0.05, 0.1) is 5.92 Å². The molecule has 1 atom stereocenters. The van der Waals surface area contributed by atoms with Crippen LogP contribution in [0.15, 0.2) is 28.7 Å². The van der Waals surface area contributed by atoms with Crippen molar-refractivity contribution in [3.63, 3.8) is 0 Å². The van der Waals surface area contributed by atoms with Crippen LogP contribution in [0.3, 0.4) is 0 Å². The summed E-state index contributed by atoms with van der Waals surface area (Å²) in [6, 6.07) is 7.42. The highest BCUT2D eigenvalue weighted by Gasteiger charge is 2.34. The maximum absolute atomic E-state index is 11.7. The van der Waals surface area contributed by atoms with E-state index in [1.54, 1.807) is 4.90 Å². The molecule has 0 aromatic heterocycles. The van der Waals surface area contributed by atoms with Crippen LogP contribution in [0.5, 0.6) is 0 Å². The number of anilines is 1. The Bertz CT molecular complexity index is 449. The molecule has 0 aliphatic carbocycles. The summed E-state index contributed by atoms with van der Waals surface area (Å²) >= 11 is 8.75. The molecule has 1 heterocycles. The number of halogens is 2. The van der Waals surface area contributed by atoms with Crippen LogP contribution in [0.2, 0.25) is 0 Å². The SMILES string of the molecule is O=C(Cl)[C@H]1CC(=O)N(c2cccc(Br)c2)C1. The molecule has 1 aromatic rings. The van der Waals surface area contributed by atoms with Crippen molar-refractivity contribution in [2.45, 2.75) is 6.42 Å². The van der Waals surface area contributed by atoms with Gasteiger partial charge in [-0.25, -0.2) is 0 Å². The maximum atomic E-state index is 11.7. The van der Waals surface area contributed by atoms with E-state index >= 15 is 0 Å². The minimum atomic E-state index is -0.439. The molecule has 0 bridgehead atoms. The molecule has 0 radical (unpaired) electrons. The van der Waals surface area contributed by atoms with Gasteiger partial charge >= 0.3 is 0 Å². The minimum Gasteiger partial charge on any atom is -0.312 e. The van der Waals surface area contributed by atoms with E-state index in [9.17, 15) is 9.59 Å². The fraction of sp³-hybridized carbons (Fsp3) is 0.273. The van der Waals surface area contributed by atoms with Crippen LogP contribution in [0.4, 0.5) is 5.69 Å². The summed E-state index contributed by atoms with van der Waals surface area (Å²) < 4.78 is 0.901. The normalized spacial score (nSPS) is 20.2. The average Bonchev–Trinajstić information content (AvgIpc) is 2.60. The van der Waals surface area contributed by atoms with Gasteiger partial charge in [0.2, 0.25) is 11.1 Å². The van der Waals surface area contributed by atoms with Gasteiger partial charge in [-0.05, 0) is 29.8 Å².